The molecule has 0 unspecified atom stereocenters. The Morgan fingerprint density at radius 2 is 1.93 bits per heavy atom. The lowest BCUT2D eigenvalue weighted by molar-refractivity contribution is -0.121. The number of pyridine rings is 1. The van der Waals surface area contributed by atoms with E-state index in [2.05, 4.69) is 15.6 Å². The molecule has 8 nitrogen and oxygen atoms in total. The normalized spacial score (nSPS) is 16.2. The number of aromatic nitrogens is 1. The molecule has 3 amide bonds. The number of likely N-dealkylation sites (tertiary alicyclic amines) is 1. The SMILES string of the molecule is COCCOc1ccc(NC(=O)N2CCC[C@H](C(=O)Nc3ccccc3)C2)cn1. The summed E-state index contributed by atoms with van der Waals surface area (Å²) in [5.41, 5.74) is 1.34. The van der Waals surface area contributed by atoms with Gasteiger partial charge in [-0.15, -0.1) is 0 Å². The molecule has 1 aromatic carbocycles. The predicted molar refractivity (Wildman–Crippen MR) is 110 cm³/mol. The van der Waals surface area contributed by atoms with Crippen LogP contribution in [0.3, 0.4) is 0 Å². The maximum atomic E-state index is 12.6. The standard InChI is InChI=1S/C21H26N4O4/c1-28-12-13-29-19-10-9-18(14-22-19)24-21(27)25-11-5-6-16(15-25)20(26)23-17-7-3-2-4-8-17/h2-4,7-10,14,16H,5-6,11-13,15H2,1H3,(H,23,26)(H,24,27)/t16-/m0/s1. The molecule has 154 valence electrons. The summed E-state index contributed by atoms with van der Waals surface area (Å²) in [6.07, 6.45) is 3.09. The lowest BCUT2D eigenvalue weighted by atomic mass is 9.97. The summed E-state index contributed by atoms with van der Waals surface area (Å²) in [5.74, 6) is 0.174. The van der Waals surface area contributed by atoms with Crippen molar-refractivity contribution in [3.05, 3.63) is 48.7 Å². The highest BCUT2D eigenvalue weighted by molar-refractivity contribution is 5.94. The second-order valence-corrected chi connectivity index (χ2v) is 6.80. The number of nitrogens with one attached hydrogen (secondary N) is 2. The zero-order valence-corrected chi connectivity index (χ0v) is 16.5. The summed E-state index contributed by atoms with van der Waals surface area (Å²) in [4.78, 5) is 31.0. The molecule has 0 spiro atoms. The van der Waals surface area contributed by atoms with Gasteiger partial charge in [0, 0.05) is 32.0 Å². The number of ether oxygens (including phenoxy) is 2. The smallest absolute Gasteiger partial charge is 0.321 e. The number of benzene rings is 1. The molecule has 2 heterocycles. The van der Waals surface area contributed by atoms with Crippen LogP contribution in [0.15, 0.2) is 48.7 Å². The molecule has 0 bridgehead atoms. The van der Waals surface area contributed by atoms with E-state index < -0.39 is 0 Å². The zero-order chi connectivity index (χ0) is 20.5. The number of piperidine rings is 1. The average molecular weight is 398 g/mol. The van der Waals surface area contributed by atoms with Crippen molar-refractivity contribution in [2.75, 3.05) is 44.0 Å². The fourth-order valence-corrected chi connectivity index (χ4v) is 3.11. The van der Waals surface area contributed by atoms with Crippen molar-refractivity contribution < 1.29 is 19.1 Å². The molecule has 1 fully saturated rings. The molecular formula is C21H26N4O4. The van der Waals surface area contributed by atoms with Gasteiger partial charge in [0.05, 0.1) is 24.4 Å². The van der Waals surface area contributed by atoms with Gasteiger partial charge in [0.25, 0.3) is 0 Å². The van der Waals surface area contributed by atoms with E-state index in [1.807, 2.05) is 30.3 Å². The van der Waals surface area contributed by atoms with Crippen LogP contribution in [0.25, 0.3) is 0 Å². The van der Waals surface area contributed by atoms with Gasteiger partial charge in [-0.25, -0.2) is 9.78 Å². The number of carbonyl (C=O) groups excluding carboxylic acids is 2. The van der Waals surface area contributed by atoms with E-state index in [9.17, 15) is 9.59 Å². The molecule has 1 aromatic heterocycles. The van der Waals surface area contributed by atoms with Gasteiger partial charge < -0.3 is 25.0 Å². The van der Waals surface area contributed by atoms with Crippen LogP contribution in [-0.4, -0.2) is 55.2 Å². The number of urea groups is 1. The Kier molecular flexibility index (Phi) is 7.40. The molecule has 1 saturated heterocycles. The van der Waals surface area contributed by atoms with Crippen LogP contribution < -0.4 is 15.4 Å². The molecule has 1 aliphatic rings. The Hall–Kier alpha value is -3.13. The fourth-order valence-electron chi connectivity index (χ4n) is 3.11. The molecule has 3 rings (SSSR count). The number of nitrogens with zero attached hydrogens (tertiary/aromatic N) is 2. The molecule has 1 atom stereocenters. The van der Waals surface area contributed by atoms with Crippen LogP contribution in [0.2, 0.25) is 0 Å². The number of rotatable bonds is 7. The van der Waals surface area contributed by atoms with Crippen molar-refractivity contribution in [3.8, 4) is 5.88 Å². The number of para-hydroxylation sites is 1. The average Bonchev–Trinajstić information content (AvgIpc) is 2.76. The number of hydrogen-bond acceptors (Lipinski definition) is 5. The van der Waals surface area contributed by atoms with Crippen molar-refractivity contribution in [1.29, 1.82) is 0 Å². The molecule has 0 saturated carbocycles. The van der Waals surface area contributed by atoms with E-state index in [-0.39, 0.29) is 17.9 Å². The highest BCUT2D eigenvalue weighted by Gasteiger charge is 2.28. The van der Waals surface area contributed by atoms with Crippen LogP contribution in [0.1, 0.15) is 12.8 Å². The highest BCUT2D eigenvalue weighted by Crippen LogP contribution is 2.20. The number of hydrogen-bond donors (Lipinski definition) is 2. The highest BCUT2D eigenvalue weighted by atomic mass is 16.5. The van der Waals surface area contributed by atoms with E-state index in [4.69, 9.17) is 9.47 Å². The van der Waals surface area contributed by atoms with Gasteiger partial charge in [0.2, 0.25) is 11.8 Å². The lowest BCUT2D eigenvalue weighted by Gasteiger charge is -2.32. The first kappa shape index (κ1) is 20.6. The summed E-state index contributed by atoms with van der Waals surface area (Å²) < 4.78 is 10.3. The Morgan fingerprint density at radius 3 is 2.66 bits per heavy atom. The molecule has 1 aliphatic heterocycles. The van der Waals surface area contributed by atoms with E-state index in [1.165, 1.54) is 0 Å². The summed E-state index contributed by atoms with van der Waals surface area (Å²) in [7, 11) is 1.60. The number of carbonyl (C=O) groups is 2. The summed E-state index contributed by atoms with van der Waals surface area (Å²) >= 11 is 0. The van der Waals surface area contributed by atoms with E-state index in [0.717, 1.165) is 18.5 Å². The summed E-state index contributed by atoms with van der Waals surface area (Å²) in [6, 6.07) is 12.5. The summed E-state index contributed by atoms with van der Waals surface area (Å²) in [5, 5.41) is 5.75. The third-order valence-corrected chi connectivity index (χ3v) is 4.65. The Labute approximate surface area is 170 Å². The minimum Gasteiger partial charge on any atom is -0.475 e. The van der Waals surface area contributed by atoms with Crippen molar-refractivity contribution in [1.82, 2.24) is 9.88 Å². The third-order valence-electron chi connectivity index (χ3n) is 4.65. The number of anilines is 2. The van der Waals surface area contributed by atoms with Gasteiger partial charge >= 0.3 is 6.03 Å². The van der Waals surface area contributed by atoms with Crippen molar-refractivity contribution in [3.63, 3.8) is 0 Å². The predicted octanol–water partition coefficient (Wildman–Crippen LogP) is 2.99. The van der Waals surface area contributed by atoms with Gasteiger partial charge in [-0.3, -0.25) is 4.79 Å². The first-order valence-electron chi connectivity index (χ1n) is 9.65. The minimum atomic E-state index is -0.239. The maximum absolute atomic E-state index is 12.6. The van der Waals surface area contributed by atoms with E-state index in [0.29, 0.717) is 37.9 Å². The van der Waals surface area contributed by atoms with Gasteiger partial charge in [-0.2, -0.15) is 0 Å². The van der Waals surface area contributed by atoms with Gasteiger partial charge in [0.1, 0.15) is 6.61 Å². The Balaban J connectivity index is 1.50. The van der Waals surface area contributed by atoms with Gasteiger partial charge in [-0.1, -0.05) is 18.2 Å². The molecule has 0 radical (unpaired) electrons. The second-order valence-electron chi connectivity index (χ2n) is 6.80. The number of methoxy groups -OCH3 is 1. The number of amides is 3. The molecule has 2 aromatic rings. The molecule has 29 heavy (non-hydrogen) atoms. The van der Waals surface area contributed by atoms with Crippen LogP contribution in [0.4, 0.5) is 16.2 Å². The molecule has 8 heteroatoms. The monoisotopic (exact) mass is 398 g/mol. The fraction of sp³-hybridized carbons (Fsp3) is 0.381. The Morgan fingerprint density at radius 1 is 1.10 bits per heavy atom. The Bertz CT molecular complexity index is 798. The quantitative estimate of drug-likeness (QED) is 0.700. The van der Waals surface area contributed by atoms with Crippen molar-refractivity contribution in [2.24, 2.45) is 5.92 Å². The molecular weight excluding hydrogens is 372 g/mol. The van der Waals surface area contributed by atoms with Crippen LogP contribution in [0.5, 0.6) is 5.88 Å². The first-order chi connectivity index (χ1) is 14.2. The van der Waals surface area contributed by atoms with Crippen molar-refractivity contribution >= 4 is 23.3 Å². The van der Waals surface area contributed by atoms with E-state index in [1.54, 1.807) is 30.3 Å². The largest absolute Gasteiger partial charge is 0.475 e. The van der Waals surface area contributed by atoms with Crippen molar-refractivity contribution in [2.45, 2.75) is 12.8 Å². The topological polar surface area (TPSA) is 92.8 Å². The lowest BCUT2D eigenvalue weighted by Crippen LogP contribution is -2.45. The molecule has 0 aliphatic carbocycles. The van der Waals surface area contributed by atoms with Gasteiger partial charge in [-0.05, 0) is 31.0 Å². The van der Waals surface area contributed by atoms with Gasteiger partial charge in [0.15, 0.2) is 0 Å². The van der Waals surface area contributed by atoms with Crippen LogP contribution >= 0.6 is 0 Å². The maximum Gasteiger partial charge on any atom is 0.321 e. The second kappa shape index (κ2) is 10.4. The zero-order valence-electron chi connectivity index (χ0n) is 16.5. The first-order valence-corrected chi connectivity index (χ1v) is 9.65. The van der Waals surface area contributed by atoms with Crippen LogP contribution in [0, 0.1) is 5.92 Å². The van der Waals surface area contributed by atoms with E-state index >= 15 is 0 Å². The molecule has 2 N–H and O–H groups in total. The summed E-state index contributed by atoms with van der Waals surface area (Å²) in [6.45, 7) is 1.90. The minimum absolute atomic E-state index is 0.0621. The van der Waals surface area contributed by atoms with Crippen LogP contribution in [-0.2, 0) is 9.53 Å². The third kappa shape index (κ3) is 6.18.